The van der Waals surface area contributed by atoms with E-state index in [4.69, 9.17) is 27.9 Å². The van der Waals surface area contributed by atoms with Crippen LogP contribution in [0, 0.1) is 0 Å². The van der Waals surface area contributed by atoms with E-state index in [1.165, 1.54) is 0 Å². The van der Waals surface area contributed by atoms with Crippen molar-refractivity contribution >= 4 is 29.1 Å². The molecular formula is C19H20Cl2N2O2. The number of halogens is 2. The maximum atomic E-state index is 12.8. The number of amides is 1. The number of carbonyl (C=O) groups excluding carboxylic acids is 1. The Morgan fingerprint density at radius 2 is 1.72 bits per heavy atom. The molecule has 2 heterocycles. The number of rotatable bonds is 4. The standard InChI is InChI=1S/C19H20Cl2N2O2/c1-12-9-10-13(2)23(12)19(24)17-8-3-5-14(22-17)11-25-18-15(20)6-4-7-16(18)21/h3-8,12-13H,9-11H2,1-2H3. The maximum Gasteiger partial charge on any atom is 0.272 e. The lowest BCUT2D eigenvalue weighted by Gasteiger charge is -2.26. The second-order valence-electron chi connectivity index (χ2n) is 6.34. The molecular weight excluding hydrogens is 359 g/mol. The molecule has 2 aromatic rings. The second kappa shape index (κ2) is 7.63. The molecule has 3 rings (SSSR count). The normalized spacial score (nSPS) is 19.9. The number of pyridine rings is 1. The minimum absolute atomic E-state index is 0.0323. The first kappa shape index (κ1) is 18.0. The summed E-state index contributed by atoms with van der Waals surface area (Å²) in [6, 6.07) is 11.0. The zero-order chi connectivity index (χ0) is 18.0. The highest BCUT2D eigenvalue weighted by Gasteiger charge is 2.32. The van der Waals surface area contributed by atoms with Crippen LogP contribution in [0.1, 0.15) is 42.9 Å². The molecule has 1 aromatic heterocycles. The summed E-state index contributed by atoms with van der Waals surface area (Å²) in [4.78, 5) is 19.2. The predicted molar refractivity (Wildman–Crippen MR) is 99.4 cm³/mol. The van der Waals surface area contributed by atoms with Gasteiger partial charge in [0.15, 0.2) is 5.75 Å². The Morgan fingerprint density at radius 3 is 2.36 bits per heavy atom. The number of hydrogen-bond acceptors (Lipinski definition) is 3. The van der Waals surface area contributed by atoms with Gasteiger partial charge in [0.05, 0.1) is 15.7 Å². The van der Waals surface area contributed by atoms with Crippen molar-refractivity contribution in [3.8, 4) is 5.75 Å². The van der Waals surface area contributed by atoms with E-state index in [0.717, 1.165) is 12.8 Å². The van der Waals surface area contributed by atoms with Gasteiger partial charge in [0.25, 0.3) is 5.91 Å². The molecule has 1 aliphatic rings. The Labute approximate surface area is 157 Å². The van der Waals surface area contributed by atoms with Gasteiger partial charge in [-0.3, -0.25) is 4.79 Å². The highest BCUT2D eigenvalue weighted by Crippen LogP contribution is 2.33. The molecule has 1 amide bonds. The third kappa shape index (κ3) is 3.91. The van der Waals surface area contributed by atoms with Crippen molar-refractivity contribution in [2.24, 2.45) is 0 Å². The lowest BCUT2D eigenvalue weighted by atomic mass is 10.2. The van der Waals surface area contributed by atoms with E-state index in [2.05, 4.69) is 18.8 Å². The van der Waals surface area contributed by atoms with Crippen molar-refractivity contribution in [2.45, 2.75) is 45.4 Å². The van der Waals surface area contributed by atoms with Crippen LogP contribution in [0.25, 0.3) is 0 Å². The summed E-state index contributed by atoms with van der Waals surface area (Å²) < 4.78 is 5.70. The Bertz CT molecular complexity index is 752. The summed E-state index contributed by atoms with van der Waals surface area (Å²) >= 11 is 12.2. The van der Waals surface area contributed by atoms with Crippen LogP contribution in [-0.2, 0) is 6.61 Å². The van der Waals surface area contributed by atoms with Crippen LogP contribution < -0.4 is 4.74 Å². The van der Waals surface area contributed by atoms with E-state index in [0.29, 0.717) is 27.2 Å². The fourth-order valence-corrected chi connectivity index (χ4v) is 3.68. The molecule has 1 aliphatic heterocycles. The van der Waals surface area contributed by atoms with Gasteiger partial charge in [-0.25, -0.2) is 4.98 Å². The van der Waals surface area contributed by atoms with Crippen LogP contribution in [0.2, 0.25) is 10.0 Å². The van der Waals surface area contributed by atoms with E-state index in [-0.39, 0.29) is 24.6 Å². The average Bonchev–Trinajstić information content (AvgIpc) is 2.93. The van der Waals surface area contributed by atoms with Gasteiger partial charge in [0, 0.05) is 12.1 Å². The zero-order valence-corrected chi connectivity index (χ0v) is 15.7. The van der Waals surface area contributed by atoms with Crippen LogP contribution in [0.3, 0.4) is 0 Å². The van der Waals surface area contributed by atoms with E-state index in [1.54, 1.807) is 24.3 Å². The summed E-state index contributed by atoms with van der Waals surface area (Å²) in [7, 11) is 0. The molecule has 0 radical (unpaired) electrons. The van der Waals surface area contributed by atoms with Crippen molar-refractivity contribution in [1.29, 1.82) is 0 Å². The molecule has 25 heavy (non-hydrogen) atoms. The monoisotopic (exact) mass is 378 g/mol. The van der Waals surface area contributed by atoms with E-state index < -0.39 is 0 Å². The third-order valence-corrected chi connectivity index (χ3v) is 5.09. The van der Waals surface area contributed by atoms with Crippen molar-refractivity contribution < 1.29 is 9.53 Å². The van der Waals surface area contributed by atoms with Crippen molar-refractivity contribution in [2.75, 3.05) is 0 Å². The molecule has 0 bridgehead atoms. The summed E-state index contributed by atoms with van der Waals surface area (Å²) in [5, 5.41) is 0.888. The van der Waals surface area contributed by atoms with Gasteiger partial charge in [-0.05, 0) is 51.0 Å². The molecule has 1 fully saturated rings. The molecule has 0 spiro atoms. The van der Waals surface area contributed by atoms with Gasteiger partial charge in [-0.15, -0.1) is 0 Å². The lowest BCUT2D eigenvalue weighted by molar-refractivity contribution is 0.0686. The molecule has 1 aromatic carbocycles. The van der Waals surface area contributed by atoms with E-state index in [9.17, 15) is 4.79 Å². The van der Waals surface area contributed by atoms with Crippen LogP contribution in [0.4, 0.5) is 0 Å². The van der Waals surface area contributed by atoms with E-state index in [1.807, 2.05) is 17.0 Å². The Hall–Kier alpha value is -1.78. The predicted octanol–water partition coefficient (Wildman–Crippen LogP) is 4.98. The Balaban J connectivity index is 1.74. The van der Waals surface area contributed by atoms with Crippen LogP contribution in [-0.4, -0.2) is 27.9 Å². The first-order valence-electron chi connectivity index (χ1n) is 8.32. The first-order valence-corrected chi connectivity index (χ1v) is 9.08. The van der Waals surface area contributed by atoms with E-state index >= 15 is 0 Å². The topological polar surface area (TPSA) is 42.4 Å². The quantitative estimate of drug-likeness (QED) is 0.753. The smallest absolute Gasteiger partial charge is 0.272 e. The number of carbonyl (C=O) groups is 1. The molecule has 1 saturated heterocycles. The molecule has 2 atom stereocenters. The number of ether oxygens (including phenoxy) is 1. The van der Waals surface area contributed by atoms with Gasteiger partial charge in [-0.1, -0.05) is 35.3 Å². The van der Waals surface area contributed by atoms with Crippen molar-refractivity contribution in [3.05, 3.63) is 57.8 Å². The summed E-state index contributed by atoms with van der Waals surface area (Å²) in [6.07, 6.45) is 2.06. The van der Waals surface area contributed by atoms with Crippen molar-refractivity contribution in [1.82, 2.24) is 9.88 Å². The number of hydrogen-bond donors (Lipinski definition) is 0. The fraction of sp³-hybridized carbons (Fsp3) is 0.368. The zero-order valence-electron chi connectivity index (χ0n) is 14.2. The fourth-order valence-electron chi connectivity index (χ4n) is 3.17. The van der Waals surface area contributed by atoms with Gasteiger partial charge in [0.2, 0.25) is 0 Å². The highest BCUT2D eigenvalue weighted by atomic mass is 35.5. The van der Waals surface area contributed by atoms with Gasteiger partial charge in [-0.2, -0.15) is 0 Å². The highest BCUT2D eigenvalue weighted by molar-refractivity contribution is 6.37. The SMILES string of the molecule is CC1CCC(C)N1C(=O)c1cccc(COc2c(Cl)cccc2Cl)n1. The molecule has 0 saturated carbocycles. The first-order chi connectivity index (χ1) is 12.0. The van der Waals surface area contributed by atoms with Gasteiger partial charge < -0.3 is 9.64 Å². The number of likely N-dealkylation sites (tertiary alicyclic amines) is 1. The minimum Gasteiger partial charge on any atom is -0.484 e. The van der Waals surface area contributed by atoms with Crippen LogP contribution >= 0.6 is 23.2 Å². The number of para-hydroxylation sites is 1. The second-order valence-corrected chi connectivity index (χ2v) is 7.16. The molecule has 0 N–H and O–H groups in total. The lowest BCUT2D eigenvalue weighted by Crippen LogP contribution is -2.39. The largest absolute Gasteiger partial charge is 0.484 e. The Kier molecular flexibility index (Phi) is 5.50. The average molecular weight is 379 g/mol. The Morgan fingerprint density at radius 1 is 1.12 bits per heavy atom. The van der Waals surface area contributed by atoms with Gasteiger partial charge >= 0.3 is 0 Å². The molecule has 2 unspecified atom stereocenters. The van der Waals surface area contributed by atoms with Gasteiger partial charge in [0.1, 0.15) is 12.3 Å². The molecule has 132 valence electrons. The molecule has 6 heteroatoms. The number of nitrogens with zero attached hydrogens (tertiary/aromatic N) is 2. The summed E-state index contributed by atoms with van der Waals surface area (Å²) in [5.41, 5.74) is 1.09. The number of benzene rings is 1. The maximum absolute atomic E-state index is 12.8. The van der Waals surface area contributed by atoms with Crippen molar-refractivity contribution in [3.63, 3.8) is 0 Å². The number of aromatic nitrogens is 1. The van der Waals surface area contributed by atoms with Crippen LogP contribution in [0.15, 0.2) is 36.4 Å². The van der Waals surface area contributed by atoms with Crippen LogP contribution in [0.5, 0.6) is 5.75 Å². The minimum atomic E-state index is -0.0323. The summed E-state index contributed by atoms with van der Waals surface area (Å²) in [6.45, 7) is 4.34. The molecule has 0 aliphatic carbocycles. The summed E-state index contributed by atoms with van der Waals surface area (Å²) in [5.74, 6) is 0.390. The third-order valence-electron chi connectivity index (χ3n) is 4.50. The molecule has 4 nitrogen and oxygen atoms in total.